The molecule has 37 heavy (non-hydrogen) atoms. The first kappa shape index (κ1) is 27.9. The molecule has 1 unspecified atom stereocenters. The zero-order chi connectivity index (χ0) is 27.2. The van der Waals surface area contributed by atoms with Crippen LogP contribution in [0.25, 0.3) is 0 Å². The molecule has 0 heterocycles. The van der Waals surface area contributed by atoms with E-state index in [2.05, 4.69) is 5.32 Å². The Morgan fingerprint density at radius 3 is 2.11 bits per heavy atom. The van der Waals surface area contributed by atoms with Crippen molar-refractivity contribution < 1.29 is 18.0 Å². The quantitative estimate of drug-likeness (QED) is 0.440. The van der Waals surface area contributed by atoms with E-state index in [0.717, 1.165) is 38.4 Å². The van der Waals surface area contributed by atoms with E-state index >= 15 is 0 Å². The van der Waals surface area contributed by atoms with Gasteiger partial charge in [-0.1, -0.05) is 60.7 Å². The van der Waals surface area contributed by atoms with E-state index in [1.807, 2.05) is 81.4 Å². The lowest BCUT2D eigenvalue weighted by atomic mass is 10.0. The Balaban J connectivity index is 2.05. The van der Waals surface area contributed by atoms with Gasteiger partial charge in [0.05, 0.1) is 11.9 Å². The van der Waals surface area contributed by atoms with Gasteiger partial charge < -0.3 is 10.2 Å². The molecule has 0 bridgehead atoms. The molecule has 0 aliphatic carbocycles. The number of sulfonamides is 1. The Kier molecular flexibility index (Phi) is 9.10. The van der Waals surface area contributed by atoms with Gasteiger partial charge in [-0.05, 0) is 60.7 Å². The molecule has 3 rings (SSSR count). The van der Waals surface area contributed by atoms with Crippen LogP contribution < -0.4 is 9.62 Å². The fraction of sp³-hybridized carbons (Fsp3) is 0.310. The van der Waals surface area contributed by atoms with Crippen molar-refractivity contribution in [3.05, 3.63) is 101 Å². The molecule has 2 amide bonds. The van der Waals surface area contributed by atoms with Crippen LogP contribution in [0, 0.1) is 20.8 Å². The fourth-order valence-corrected chi connectivity index (χ4v) is 5.03. The summed E-state index contributed by atoms with van der Waals surface area (Å²) in [5.41, 5.74) is 5.11. The molecule has 0 spiro atoms. The van der Waals surface area contributed by atoms with Crippen LogP contribution in [0.2, 0.25) is 0 Å². The van der Waals surface area contributed by atoms with E-state index in [9.17, 15) is 18.0 Å². The second-order valence-corrected chi connectivity index (χ2v) is 11.2. The van der Waals surface area contributed by atoms with Gasteiger partial charge in [0.2, 0.25) is 21.8 Å². The Morgan fingerprint density at radius 1 is 0.865 bits per heavy atom. The number of anilines is 1. The monoisotopic (exact) mass is 521 g/mol. The predicted octanol–water partition coefficient (Wildman–Crippen LogP) is 3.76. The molecule has 0 aliphatic heterocycles. The molecule has 0 aliphatic rings. The number of hydrogen-bond donors (Lipinski definition) is 1. The van der Waals surface area contributed by atoms with Crippen LogP contribution >= 0.6 is 0 Å². The zero-order valence-electron chi connectivity index (χ0n) is 22.1. The largest absolute Gasteiger partial charge is 0.357 e. The van der Waals surface area contributed by atoms with Crippen molar-refractivity contribution >= 4 is 27.5 Å². The van der Waals surface area contributed by atoms with E-state index < -0.39 is 28.5 Å². The molecule has 196 valence electrons. The molecular weight excluding hydrogens is 486 g/mol. The van der Waals surface area contributed by atoms with E-state index in [1.165, 1.54) is 11.9 Å². The SMILES string of the molecule is CNC(=O)C(Cc1ccccc1)N(Cc1ccccc1C)C(=O)CN(c1ccc(C)c(C)c1)S(C)(=O)=O. The summed E-state index contributed by atoms with van der Waals surface area (Å²) < 4.78 is 26.8. The number of carbonyl (C=O) groups is 2. The van der Waals surface area contributed by atoms with Crippen LogP contribution in [0.5, 0.6) is 0 Å². The van der Waals surface area contributed by atoms with Crippen molar-refractivity contribution in [2.45, 2.75) is 39.8 Å². The van der Waals surface area contributed by atoms with Gasteiger partial charge >= 0.3 is 0 Å². The van der Waals surface area contributed by atoms with Crippen molar-refractivity contribution in [1.29, 1.82) is 0 Å². The Labute approximate surface area is 220 Å². The smallest absolute Gasteiger partial charge is 0.244 e. The lowest BCUT2D eigenvalue weighted by Crippen LogP contribution is -2.53. The minimum atomic E-state index is -3.78. The molecule has 3 aromatic carbocycles. The van der Waals surface area contributed by atoms with E-state index in [0.29, 0.717) is 12.1 Å². The summed E-state index contributed by atoms with van der Waals surface area (Å²) in [6.45, 7) is 5.53. The Bertz CT molecular complexity index is 1360. The summed E-state index contributed by atoms with van der Waals surface area (Å²) in [6, 6.07) is 21.6. The van der Waals surface area contributed by atoms with E-state index in [-0.39, 0.29) is 12.5 Å². The van der Waals surface area contributed by atoms with Crippen molar-refractivity contribution in [2.75, 3.05) is 24.2 Å². The van der Waals surface area contributed by atoms with Gasteiger partial charge in [0, 0.05) is 20.0 Å². The van der Waals surface area contributed by atoms with Crippen molar-refractivity contribution in [3.63, 3.8) is 0 Å². The first-order valence-electron chi connectivity index (χ1n) is 12.2. The van der Waals surface area contributed by atoms with Crippen molar-refractivity contribution in [2.24, 2.45) is 0 Å². The molecule has 3 aromatic rings. The molecule has 0 aromatic heterocycles. The van der Waals surface area contributed by atoms with Crippen LogP contribution in [-0.2, 0) is 32.6 Å². The molecule has 0 saturated carbocycles. The maximum Gasteiger partial charge on any atom is 0.244 e. The summed E-state index contributed by atoms with van der Waals surface area (Å²) in [6.07, 6.45) is 1.38. The third-order valence-corrected chi connectivity index (χ3v) is 7.72. The predicted molar refractivity (Wildman–Crippen MR) is 148 cm³/mol. The van der Waals surface area contributed by atoms with E-state index in [4.69, 9.17) is 0 Å². The lowest BCUT2D eigenvalue weighted by molar-refractivity contribution is -0.139. The number of amides is 2. The zero-order valence-corrected chi connectivity index (χ0v) is 22.9. The van der Waals surface area contributed by atoms with Crippen LogP contribution in [0.1, 0.15) is 27.8 Å². The highest BCUT2D eigenvalue weighted by molar-refractivity contribution is 7.92. The number of likely N-dealkylation sites (N-methyl/N-ethyl adjacent to an activating group) is 1. The molecule has 8 heteroatoms. The second-order valence-electron chi connectivity index (χ2n) is 9.31. The third-order valence-electron chi connectivity index (χ3n) is 6.58. The third kappa shape index (κ3) is 7.20. The average Bonchev–Trinajstić information content (AvgIpc) is 2.86. The normalized spacial score (nSPS) is 12.0. The highest BCUT2D eigenvalue weighted by Crippen LogP contribution is 2.23. The van der Waals surface area contributed by atoms with Crippen molar-refractivity contribution in [1.82, 2.24) is 10.2 Å². The number of nitrogens with zero attached hydrogens (tertiary/aromatic N) is 2. The van der Waals surface area contributed by atoms with Gasteiger partial charge in [0.25, 0.3) is 0 Å². The molecule has 7 nitrogen and oxygen atoms in total. The lowest BCUT2D eigenvalue weighted by Gasteiger charge is -2.33. The minimum absolute atomic E-state index is 0.168. The Hall–Kier alpha value is -3.65. The second kappa shape index (κ2) is 12.1. The number of hydrogen-bond acceptors (Lipinski definition) is 4. The highest BCUT2D eigenvalue weighted by atomic mass is 32.2. The molecule has 1 N–H and O–H groups in total. The molecule has 0 saturated heterocycles. The summed E-state index contributed by atoms with van der Waals surface area (Å²) >= 11 is 0. The maximum atomic E-state index is 13.9. The molecule has 0 fully saturated rings. The number of carbonyl (C=O) groups excluding carboxylic acids is 2. The first-order valence-corrected chi connectivity index (χ1v) is 14.0. The van der Waals surface area contributed by atoms with Gasteiger partial charge in [0.15, 0.2) is 0 Å². The number of rotatable bonds is 10. The van der Waals surface area contributed by atoms with Gasteiger partial charge in [-0.15, -0.1) is 0 Å². The van der Waals surface area contributed by atoms with Crippen molar-refractivity contribution in [3.8, 4) is 0 Å². The van der Waals surface area contributed by atoms with Crippen LogP contribution in [-0.4, -0.2) is 51.0 Å². The summed E-state index contributed by atoms with van der Waals surface area (Å²) in [5.74, 6) is -0.778. The standard InChI is InChI=1S/C29H35N3O4S/c1-21-15-16-26(17-23(21)3)32(37(5,35)36)20-28(33)31(19-25-14-10-9-11-22(25)2)27(29(34)30-4)18-24-12-7-6-8-13-24/h6-17,27H,18-20H2,1-5H3,(H,30,34). The maximum absolute atomic E-state index is 13.9. The highest BCUT2D eigenvalue weighted by Gasteiger charge is 2.32. The minimum Gasteiger partial charge on any atom is -0.357 e. The molecule has 1 atom stereocenters. The Morgan fingerprint density at radius 2 is 1.51 bits per heavy atom. The number of nitrogens with one attached hydrogen (secondary N) is 1. The summed E-state index contributed by atoms with van der Waals surface area (Å²) in [5, 5.41) is 2.69. The first-order chi connectivity index (χ1) is 17.5. The summed E-state index contributed by atoms with van der Waals surface area (Å²) in [4.78, 5) is 28.6. The number of benzene rings is 3. The summed E-state index contributed by atoms with van der Waals surface area (Å²) in [7, 11) is -2.25. The molecular formula is C29H35N3O4S. The van der Waals surface area contributed by atoms with Gasteiger partial charge in [-0.25, -0.2) is 8.42 Å². The van der Waals surface area contributed by atoms with Gasteiger partial charge in [0.1, 0.15) is 12.6 Å². The van der Waals surface area contributed by atoms with Gasteiger partial charge in [-0.3, -0.25) is 13.9 Å². The van der Waals surface area contributed by atoms with Crippen LogP contribution in [0.4, 0.5) is 5.69 Å². The topological polar surface area (TPSA) is 86.8 Å². The van der Waals surface area contributed by atoms with Gasteiger partial charge in [-0.2, -0.15) is 0 Å². The van der Waals surface area contributed by atoms with Crippen LogP contribution in [0.3, 0.4) is 0 Å². The van der Waals surface area contributed by atoms with E-state index in [1.54, 1.807) is 12.1 Å². The van der Waals surface area contributed by atoms with Crippen LogP contribution in [0.15, 0.2) is 72.8 Å². The molecule has 0 radical (unpaired) electrons. The fourth-order valence-electron chi connectivity index (χ4n) is 4.19. The average molecular weight is 522 g/mol. The number of aryl methyl sites for hydroxylation is 3.